The molecular weight excluding hydrogens is 173 g/mol. The molecule has 7 heteroatoms. The zero-order valence-corrected chi connectivity index (χ0v) is 6.12. The van der Waals surface area contributed by atoms with Crippen molar-refractivity contribution in [1.29, 1.82) is 0 Å². The van der Waals surface area contributed by atoms with Crippen molar-refractivity contribution >= 4 is 9.63 Å². The van der Waals surface area contributed by atoms with Crippen LogP contribution < -0.4 is 0 Å². The summed E-state index contributed by atoms with van der Waals surface area (Å²) in [6.45, 7) is 0. The maximum absolute atomic E-state index is 11.6. The van der Waals surface area contributed by atoms with Crippen LogP contribution in [0.4, 0.5) is 13.2 Å². The van der Waals surface area contributed by atoms with E-state index < -0.39 is 15.1 Å². The quantitative estimate of drug-likeness (QED) is 0.654. The SMILES string of the molecule is COS(C)(=O)(O)C(F)(F)F. The first-order chi connectivity index (χ1) is 4.09. The molecule has 0 unspecified atom stereocenters. The Bertz CT molecular complexity index is 190. The largest absolute Gasteiger partial charge is 0.493 e. The summed E-state index contributed by atoms with van der Waals surface area (Å²) in [6.07, 6.45) is 0.108. The molecule has 3 nitrogen and oxygen atoms in total. The van der Waals surface area contributed by atoms with Crippen molar-refractivity contribution in [3.8, 4) is 0 Å². The first kappa shape index (κ1) is 9.86. The lowest BCUT2D eigenvalue weighted by atomic mass is 11.6. The lowest BCUT2D eigenvalue weighted by Crippen LogP contribution is -2.47. The average Bonchev–Trinajstić information content (AvgIpc) is 1.62. The predicted octanol–water partition coefficient (Wildman–Crippen LogP) is 0.990. The number of halogens is 3. The van der Waals surface area contributed by atoms with Gasteiger partial charge in [0.15, 0.2) is 9.63 Å². The molecule has 64 valence electrons. The Morgan fingerprint density at radius 1 is 1.50 bits per heavy atom. The molecular formula is C3H7F3O3S. The maximum Gasteiger partial charge on any atom is 0.493 e. The second kappa shape index (κ2) is 1.93. The monoisotopic (exact) mass is 180 g/mol. The Kier molecular flexibility index (Phi) is 1.90. The Morgan fingerprint density at radius 3 is 1.80 bits per heavy atom. The molecule has 0 saturated heterocycles. The summed E-state index contributed by atoms with van der Waals surface area (Å²) in [5.41, 5.74) is -5.23. The molecule has 0 radical (unpaired) electrons. The van der Waals surface area contributed by atoms with Gasteiger partial charge < -0.3 is 4.55 Å². The van der Waals surface area contributed by atoms with Crippen LogP contribution in [-0.2, 0) is 13.8 Å². The normalized spacial score (nSPS) is 18.0. The molecule has 0 spiro atoms. The van der Waals surface area contributed by atoms with Gasteiger partial charge in [-0.25, -0.2) is 4.21 Å². The summed E-state index contributed by atoms with van der Waals surface area (Å²) < 4.78 is 56.9. The third-order valence-corrected chi connectivity index (χ3v) is 2.75. The van der Waals surface area contributed by atoms with Crippen LogP contribution in [0.25, 0.3) is 0 Å². The predicted molar refractivity (Wildman–Crippen MR) is 29.8 cm³/mol. The number of hydrogen-bond donors (Lipinski definition) is 1. The highest BCUT2D eigenvalue weighted by Gasteiger charge is 2.56. The zero-order chi connectivity index (χ0) is 8.65. The van der Waals surface area contributed by atoms with Gasteiger partial charge in [0.1, 0.15) is 0 Å². The van der Waals surface area contributed by atoms with Crippen molar-refractivity contribution in [3.05, 3.63) is 0 Å². The van der Waals surface area contributed by atoms with Gasteiger partial charge in [-0.15, -0.1) is 0 Å². The van der Waals surface area contributed by atoms with Crippen LogP contribution in [-0.4, -0.2) is 27.6 Å². The molecule has 0 aromatic rings. The highest BCUT2D eigenvalue weighted by molar-refractivity contribution is 8.11. The molecule has 0 aliphatic carbocycles. The van der Waals surface area contributed by atoms with Crippen LogP contribution in [0.15, 0.2) is 0 Å². The van der Waals surface area contributed by atoms with E-state index in [1.54, 1.807) is 0 Å². The molecule has 0 amide bonds. The van der Waals surface area contributed by atoms with E-state index in [9.17, 15) is 17.4 Å². The average molecular weight is 180 g/mol. The summed E-state index contributed by atoms with van der Waals surface area (Å²) in [6, 6.07) is 0. The van der Waals surface area contributed by atoms with Crippen LogP contribution in [0.1, 0.15) is 0 Å². The van der Waals surface area contributed by atoms with E-state index in [-0.39, 0.29) is 6.26 Å². The van der Waals surface area contributed by atoms with E-state index in [4.69, 9.17) is 4.55 Å². The third-order valence-electron chi connectivity index (χ3n) is 0.917. The molecule has 0 saturated carbocycles. The summed E-state index contributed by atoms with van der Waals surface area (Å²) in [4.78, 5) is 0. The minimum Gasteiger partial charge on any atom is -0.301 e. The molecule has 0 heterocycles. The lowest BCUT2D eigenvalue weighted by Gasteiger charge is -2.31. The van der Waals surface area contributed by atoms with Crippen molar-refractivity contribution in [1.82, 2.24) is 0 Å². The van der Waals surface area contributed by atoms with Gasteiger partial charge in [-0.1, -0.05) is 0 Å². The second-order valence-corrected chi connectivity index (χ2v) is 4.99. The van der Waals surface area contributed by atoms with E-state index in [1.807, 2.05) is 0 Å². The molecule has 10 heavy (non-hydrogen) atoms. The Labute approximate surface area is 55.6 Å². The van der Waals surface area contributed by atoms with Crippen LogP contribution >= 0.6 is 0 Å². The van der Waals surface area contributed by atoms with Crippen molar-refractivity contribution in [2.24, 2.45) is 0 Å². The van der Waals surface area contributed by atoms with E-state index in [0.717, 1.165) is 0 Å². The second-order valence-electron chi connectivity index (χ2n) is 1.81. The van der Waals surface area contributed by atoms with Gasteiger partial charge >= 0.3 is 5.51 Å². The van der Waals surface area contributed by atoms with Gasteiger partial charge in [-0.05, 0) is 0 Å². The molecule has 0 atom stereocenters. The van der Waals surface area contributed by atoms with E-state index in [1.165, 1.54) is 0 Å². The van der Waals surface area contributed by atoms with Gasteiger partial charge in [0.25, 0.3) is 0 Å². The first-order valence-corrected chi connectivity index (χ1v) is 4.36. The van der Waals surface area contributed by atoms with Crippen molar-refractivity contribution in [2.75, 3.05) is 13.4 Å². The van der Waals surface area contributed by atoms with Gasteiger partial charge in [0.05, 0.1) is 7.11 Å². The molecule has 0 aliphatic rings. The fraction of sp³-hybridized carbons (Fsp3) is 1.00. The van der Waals surface area contributed by atoms with Crippen molar-refractivity contribution in [2.45, 2.75) is 5.51 Å². The molecule has 0 bridgehead atoms. The zero-order valence-electron chi connectivity index (χ0n) is 5.31. The fourth-order valence-electron chi connectivity index (χ4n) is 0.0945. The van der Waals surface area contributed by atoms with Gasteiger partial charge in [0, 0.05) is 6.26 Å². The standard InChI is InChI=1S/C3H7F3O3S/c1-9-10(2,7,8)3(4,5)6/h1-2H3,(H,7,8). The van der Waals surface area contributed by atoms with Gasteiger partial charge in [-0.2, -0.15) is 13.2 Å². The molecule has 0 aromatic carbocycles. The number of alkyl halides is 3. The molecule has 0 rings (SSSR count). The number of hydrogen-bond acceptors (Lipinski definition) is 2. The van der Waals surface area contributed by atoms with Crippen LogP contribution in [0.5, 0.6) is 0 Å². The highest BCUT2D eigenvalue weighted by atomic mass is 32.3. The van der Waals surface area contributed by atoms with E-state index in [2.05, 4.69) is 4.18 Å². The Morgan fingerprint density at radius 2 is 1.80 bits per heavy atom. The highest BCUT2D eigenvalue weighted by Crippen LogP contribution is 2.38. The number of rotatable bonds is 1. The van der Waals surface area contributed by atoms with Gasteiger partial charge in [0.2, 0.25) is 0 Å². The van der Waals surface area contributed by atoms with Crippen molar-refractivity contribution < 1.29 is 26.1 Å². The smallest absolute Gasteiger partial charge is 0.301 e. The summed E-state index contributed by atoms with van der Waals surface area (Å²) in [5, 5.41) is 0. The van der Waals surface area contributed by atoms with Gasteiger partial charge in [-0.3, -0.25) is 4.18 Å². The fourth-order valence-corrected chi connectivity index (χ4v) is 0.283. The van der Waals surface area contributed by atoms with Crippen LogP contribution in [0, 0.1) is 0 Å². The summed E-state index contributed by atoms with van der Waals surface area (Å²) in [7, 11) is -5.32. The molecule has 1 N–H and O–H groups in total. The van der Waals surface area contributed by atoms with E-state index in [0.29, 0.717) is 7.11 Å². The molecule has 0 aromatic heterocycles. The van der Waals surface area contributed by atoms with Crippen LogP contribution in [0.2, 0.25) is 0 Å². The van der Waals surface area contributed by atoms with Crippen LogP contribution in [0.3, 0.4) is 0 Å². The van der Waals surface area contributed by atoms with E-state index >= 15 is 0 Å². The molecule has 0 fully saturated rings. The minimum absolute atomic E-state index is 0.108. The maximum atomic E-state index is 11.6. The summed E-state index contributed by atoms with van der Waals surface area (Å²) in [5.74, 6) is 0. The Balaban J connectivity index is 4.91. The summed E-state index contributed by atoms with van der Waals surface area (Å²) >= 11 is 0. The molecule has 0 aliphatic heterocycles. The first-order valence-electron chi connectivity index (χ1n) is 2.10. The lowest BCUT2D eigenvalue weighted by molar-refractivity contribution is -0.0655. The van der Waals surface area contributed by atoms with Crippen molar-refractivity contribution in [3.63, 3.8) is 0 Å². The topological polar surface area (TPSA) is 46.5 Å². The minimum atomic E-state index is -5.85. The Hall–Kier alpha value is -0.140. The third kappa shape index (κ3) is 1.47.